The summed E-state index contributed by atoms with van der Waals surface area (Å²) in [5, 5.41) is 13.8. The van der Waals surface area contributed by atoms with Crippen LogP contribution in [-0.4, -0.2) is 23.0 Å². The van der Waals surface area contributed by atoms with Gasteiger partial charge in [-0.25, -0.2) is 4.79 Å². The third-order valence-electron chi connectivity index (χ3n) is 3.09. The van der Waals surface area contributed by atoms with Gasteiger partial charge in [-0.05, 0) is 23.4 Å². The minimum absolute atomic E-state index is 0.230. The van der Waals surface area contributed by atoms with Crippen LogP contribution in [0.5, 0.6) is 0 Å². The molecule has 1 aromatic heterocycles. The van der Waals surface area contributed by atoms with Gasteiger partial charge in [0.15, 0.2) is 0 Å². The Kier molecular flexibility index (Phi) is 5.51. The van der Waals surface area contributed by atoms with Crippen LogP contribution in [0.4, 0.5) is 0 Å². The zero-order chi connectivity index (χ0) is 15.1. The summed E-state index contributed by atoms with van der Waals surface area (Å²) < 4.78 is 0. The van der Waals surface area contributed by atoms with E-state index in [1.165, 1.54) is 0 Å². The molecule has 0 bridgehead atoms. The number of hydrogen-bond acceptors (Lipinski definition) is 3. The number of carbonyl (C=O) groups is 2. The van der Waals surface area contributed by atoms with Crippen LogP contribution in [0, 0.1) is 0 Å². The number of carboxylic acid groups (broad SMARTS) is 1. The SMILES string of the molecule is O=C(CCc1cccs1)N[C@@H](Cc1ccccc1)C(=O)O. The van der Waals surface area contributed by atoms with Crippen LogP contribution in [-0.2, 0) is 22.4 Å². The van der Waals surface area contributed by atoms with Crippen molar-refractivity contribution in [3.05, 3.63) is 58.3 Å². The van der Waals surface area contributed by atoms with E-state index in [2.05, 4.69) is 5.32 Å². The van der Waals surface area contributed by atoms with E-state index in [1.807, 2.05) is 47.8 Å². The topological polar surface area (TPSA) is 66.4 Å². The molecule has 110 valence electrons. The Morgan fingerprint density at radius 2 is 1.90 bits per heavy atom. The molecule has 2 rings (SSSR count). The van der Waals surface area contributed by atoms with E-state index in [1.54, 1.807) is 11.3 Å². The molecule has 0 aliphatic rings. The first kappa shape index (κ1) is 15.3. The van der Waals surface area contributed by atoms with E-state index in [9.17, 15) is 14.7 Å². The van der Waals surface area contributed by atoms with Gasteiger partial charge in [0, 0.05) is 17.7 Å². The zero-order valence-electron chi connectivity index (χ0n) is 11.5. The predicted octanol–water partition coefficient (Wildman–Crippen LogP) is 2.49. The summed E-state index contributed by atoms with van der Waals surface area (Å²) >= 11 is 1.60. The third kappa shape index (κ3) is 5.04. The second-order valence-electron chi connectivity index (χ2n) is 4.73. The molecule has 0 radical (unpaired) electrons. The van der Waals surface area contributed by atoms with Crippen LogP contribution in [0.3, 0.4) is 0 Å². The lowest BCUT2D eigenvalue weighted by atomic mass is 10.1. The highest BCUT2D eigenvalue weighted by atomic mass is 32.1. The van der Waals surface area contributed by atoms with Crippen LogP contribution >= 0.6 is 11.3 Å². The van der Waals surface area contributed by atoms with Gasteiger partial charge in [0.25, 0.3) is 0 Å². The largest absolute Gasteiger partial charge is 0.480 e. The van der Waals surface area contributed by atoms with Crippen molar-refractivity contribution >= 4 is 23.2 Å². The lowest BCUT2D eigenvalue weighted by molar-refractivity contribution is -0.141. The second kappa shape index (κ2) is 7.59. The number of amides is 1. The molecule has 0 spiro atoms. The lowest BCUT2D eigenvalue weighted by Crippen LogP contribution is -2.42. The number of aliphatic carboxylic acids is 1. The fraction of sp³-hybridized carbons (Fsp3) is 0.250. The minimum atomic E-state index is -1.01. The van der Waals surface area contributed by atoms with Crippen molar-refractivity contribution in [3.8, 4) is 0 Å². The average molecular weight is 303 g/mol. The number of benzene rings is 1. The number of thiophene rings is 1. The maximum Gasteiger partial charge on any atom is 0.326 e. The van der Waals surface area contributed by atoms with Crippen LogP contribution in [0.1, 0.15) is 16.9 Å². The summed E-state index contributed by atoms with van der Waals surface area (Å²) in [6.07, 6.45) is 1.24. The Morgan fingerprint density at radius 1 is 1.14 bits per heavy atom. The van der Waals surface area contributed by atoms with Crippen molar-refractivity contribution in [2.45, 2.75) is 25.3 Å². The summed E-state index contributed by atoms with van der Waals surface area (Å²) in [6.45, 7) is 0. The maximum absolute atomic E-state index is 11.9. The van der Waals surface area contributed by atoms with Crippen molar-refractivity contribution in [3.63, 3.8) is 0 Å². The number of carboxylic acids is 1. The summed E-state index contributed by atoms with van der Waals surface area (Å²) in [5.74, 6) is -1.24. The van der Waals surface area contributed by atoms with E-state index in [4.69, 9.17) is 0 Å². The Labute approximate surface area is 127 Å². The first-order valence-electron chi connectivity index (χ1n) is 6.73. The number of aryl methyl sites for hydroxylation is 1. The molecule has 0 aliphatic carbocycles. The number of nitrogens with one attached hydrogen (secondary N) is 1. The third-order valence-corrected chi connectivity index (χ3v) is 4.03. The molecule has 1 atom stereocenters. The highest BCUT2D eigenvalue weighted by Crippen LogP contribution is 2.11. The van der Waals surface area contributed by atoms with E-state index < -0.39 is 12.0 Å². The molecule has 5 heteroatoms. The van der Waals surface area contributed by atoms with Crippen molar-refractivity contribution < 1.29 is 14.7 Å². The van der Waals surface area contributed by atoms with Gasteiger partial charge in [0.1, 0.15) is 6.04 Å². The van der Waals surface area contributed by atoms with Crippen LogP contribution in [0.25, 0.3) is 0 Å². The van der Waals surface area contributed by atoms with Gasteiger partial charge in [-0.3, -0.25) is 4.79 Å². The number of rotatable bonds is 7. The first-order valence-corrected chi connectivity index (χ1v) is 7.61. The molecule has 0 aliphatic heterocycles. The molecular formula is C16H17NO3S. The molecule has 1 amide bonds. The van der Waals surface area contributed by atoms with Crippen LogP contribution in [0.2, 0.25) is 0 Å². The Bertz CT molecular complexity index is 581. The van der Waals surface area contributed by atoms with E-state index >= 15 is 0 Å². The fourth-order valence-corrected chi connectivity index (χ4v) is 2.72. The van der Waals surface area contributed by atoms with E-state index in [0.29, 0.717) is 19.3 Å². The highest BCUT2D eigenvalue weighted by molar-refractivity contribution is 7.09. The number of carbonyl (C=O) groups excluding carboxylic acids is 1. The monoisotopic (exact) mass is 303 g/mol. The van der Waals surface area contributed by atoms with E-state index in [0.717, 1.165) is 10.4 Å². The van der Waals surface area contributed by atoms with Gasteiger partial charge < -0.3 is 10.4 Å². The van der Waals surface area contributed by atoms with Crippen LogP contribution in [0.15, 0.2) is 47.8 Å². The molecule has 0 saturated carbocycles. The van der Waals surface area contributed by atoms with Crippen molar-refractivity contribution in [2.24, 2.45) is 0 Å². The summed E-state index contributed by atoms with van der Waals surface area (Å²) in [7, 11) is 0. The van der Waals surface area contributed by atoms with Gasteiger partial charge in [0.2, 0.25) is 5.91 Å². The molecule has 4 nitrogen and oxygen atoms in total. The van der Waals surface area contributed by atoms with Gasteiger partial charge in [-0.1, -0.05) is 36.4 Å². The molecule has 1 aromatic carbocycles. The molecule has 2 aromatic rings. The molecular weight excluding hydrogens is 286 g/mol. The molecule has 2 N–H and O–H groups in total. The first-order chi connectivity index (χ1) is 10.1. The van der Waals surface area contributed by atoms with Gasteiger partial charge in [-0.15, -0.1) is 11.3 Å². The second-order valence-corrected chi connectivity index (χ2v) is 5.76. The zero-order valence-corrected chi connectivity index (χ0v) is 12.3. The summed E-state index contributed by atoms with van der Waals surface area (Å²) in [5.41, 5.74) is 0.892. The van der Waals surface area contributed by atoms with Crippen molar-refractivity contribution in [1.82, 2.24) is 5.32 Å². The van der Waals surface area contributed by atoms with E-state index in [-0.39, 0.29) is 5.91 Å². The van der Waals surface area contributed by atoms with Gasteiger partial charge >= 0.3 is 5.97 Å². The Balaban J connectivity index is 1.87. The Hall–Kier alpha value is -2.14. The Morgan fingerprint density at radius 3 is 2.52 bits per heavy atom. The summed E-state index contributed by atoms with van der Waals surface area (Å²) in [4.78, 5) is 24.3. The molecule has 21 heavy (non-hydrogen) atoms. The number of hydrogen-bond donors (Lipinski definition) is 2. The average Bonchev–Trinajstić information content (AvgIpc) is 2.99. The smallest absolute Gasteiger partial charge is 0.326 e. The minimum Gasteiger partial charge on any atom is -0.480 e. The fourth-order valence-electron chi connectivity index (χ4n) is 2.01. The standard InChI is InChI=1S/C16H17NO3S/c18-15(9-8-13-7-4-10-21-13)17-14(16(19)20)11-12-5-2-1-3-6-12/h1-7,10,14H,8-9,11H2,(H,17,18)(H,19,20)/t14-/m0/s1. The van der Waals surface area contributed by atoms with Gasteiger partial charge in [-0.2, -0.15) is 0 Å². The lowest BCUT2D eigenvalue weighted by Gasteiger charge is -2.14. The quantitative estimate of drug-likeness (QED) is 0.826. The summed E-state index contributed by atoms with van der Waals surface area (Å²) in [6, 6.07) is 12.3. The van der Waals surface area contributed by atoms with Crippen molar-refractivity contribution in [1.29, 1.82) is 0 Å². The molecule has 0 unspecified atom stereocenters. The predicted molar refractivity (Wildman–Crippen MR) is 82.4 cm³/mol. The van der Waals surface area contributed by atoms with Crippen LogP contribution < -0.4 is 5.32 Å². The molecule has 0 saturated heterocycles. The molecule has 0 fully saturated rings. The maximum atomic E-state index is 11.9. The normalized spacial score (nSPS) is 11.8. The molecule has 1 heterocycles. The highest BCUT2D eigenvalue weighted by Gasteiger charge is 2.20. The van der Waals surface area contributed by atoms with Crippen molar-refractivity contribution in [2.75, 3.05) is 0 Å². The van der Waals surface area contributed by atoms with Gasteiger partial charge in [0.05, 0.1) is 0 Å².